The molecule has 7 heteroatoms. The van der Waals surface area contributed by atoms with E-state index in [9.17, 15) is 0 Å². The Morgan fingerprint density at radius 1 is 0.864 bits per heavy atom. The lowest BCUT2D eigenvalue weighted by Gasteiger charge is -2.05. The SMILES string of the molecule is Clc1cccc(Cl)c1/C=N\Nc1nnc(Cl)c2ccccc12. The van der Waals surface area contributed by atoms with Gasteiger partial charge < -0.3 is 0 Å². The molecule has 4 nitrogen and oxygen atoms in total. The Kier molecular flexibility index (Phi) is 4.43. The molecule has 1 aromatic heterocycles. The number of aromatic nitrogens is 2. The van der Waals surface area contributed by atoms with Crippen LogP contribution in [0.1, 0.15) is 5.56 Å². The first-order valence-corrected chi connectivity index (χ1v) is 7.44. The fourth-order valence-electron chi connectivity index (χ4n) is 1.95. The summed E-state index contributed by atoms with van der Waals surface area (Å²) < 4.78 is 0. The van der Waals surface area contributed by atoms with E-state index in [1.54, 1.807) is 18.2 Å². The zero-order chi connectivity index (χ0) is 15.5. The molecular weight excluding hydrogens is 343 g/mol. The molecule has 1 N–H and O–H groups in total. The molecule has 3 rings (SSSR count). The maximum atomic E-state index is 6.08. The van der Waals surface area contributed by atoms with Gasteiger partial charge in [-0.25, -0.2) is 0 Å². The van der Waals surface area contributed by atoms with Gasteiger partial charge >= 0.3 is 0 Å². The number of fused-ring (bicyclic) bond motifs is 1. The van der Waals surface area contributed by atoms with E-state index in [-0.39, 0.29) is 0 Å². The summed E-state index contributed by atoms with van der Waals surface area (Å²) in [7, 11) is 0. The van der Waals surface area contributed by atoms with Crippen LogP contribution in [0.5, 0.6) is 0 Å². The van der Waals surface area contributed by atoms with Crippen LogP contribution in [0.2, 0.25) is 15.2 Å². The zero-order valence-corrected chi connectivity index (χ0v) is 13.4. The first kappa shape index (κ1) is 15.0. The Morgan fingerprint density at radius 3 is 2.27 bits per heavy atom. The number of nitrogens with one attached hydrogen (secondary N) is 1. The summed E-state index contributed by atoms with van der Waals surface area (Å²) in [6.45, 7) is 0. The Hall–Kier alpha value is -1.88. The highest BCUT2D eigenvalue weighted by molar-refractivity contribution is 6.38. The van der Waals surface area contributed by atoms with Crippen LogP contribution < -0.4 is 5.43 Å². The molecule has 110 valence electrons. The van der Waals surface area contributed by atoms with Crippen LogP contribution in [0.4, 0.5) is 5.82 Å². The minimum atomic E-state index is 0.347. The van der Waals surface area contributed by atoms with Gasteiger partial charge in [-0.15, -0.1) is 10.2 Å². The molecule has 0 saturated carbocycles. The molecule has 0 saturated heterocycles. The minimum absolute atomic E-state index is 0.347. The Morgan fingerprint density at radius 2 is 1.55 bits per heavy atom. The summed E-state index contributed by atoms with van der Waals surface area (Å²) in [5.74, 6) is 0.499. The smallest absolute Gasteiger partial charge is 0.176 e. The molecule has 22 heavy (non-hydrogen) atoms. The van der Waals surface area contributed by atoms with Crippen LogP contribution >= 0.6 is 34.8 Å². The van der Waals surface area contributed by atoms with Crippen LogP contribution in [0.15, 0.2) is 47.6 Å². The highest BCUT2D eigenvalue weighted by atomic mass is 35.5. The van der Waals surface area contributed by atoms with Crippen LogP contribution in [0, 0.1) is 0 Å². The molecule has 0 radical (unpaired) electrons. The van der Waals surface area contributed by atoms with E-state index < -0.39 is 0 Å². The van der Waals surface area contributed by atoms with Gasteiger partial charge in [0, 0.05) is 16.3 Å². The van der Waals surface area contributed by atoms with Crippen LogP contribution in [-0.4, -0.2) is 16.4 Å². The number of hydrogen-bond acceptors (Lipinski definition) is 4. The monoisotopic (exact) mass is 350 g/mol. The second kappa shape index (κ2) is 6.48. The first-order chi connectivity index (χ1) is 10.7. The Labute approximate surface area is 141 Å². The van der Waals surface area contributed by atoms with Gasteiger partial charge in [0.05, 0.1) is 16.3 Å². The van der Waals surface area contributed by atoms with Gasteiger partial charge in [0.15, 0.2) is 11.0 Å². The van der Waals surface area contributed by atoms with Gasteiger partial charge in [0.1, 0.15) is 0 Å². The predicted octanol–water partition coefficient (Wildman–Crippen LogP) is 5.04. The van der Waals surface area contributed by atoms with E-state index in [1.165, 1.54) is 6.21 Å². The van der Waals surface area contributed by atoms with E-state index in [0.717, 1.165) is 10.8 Å². The third-order valence-electron chi connectivity index (χ3n) is 3.01. The molecule has 0 fully saturated rings. The minimum Gasteiger partial charge on any atom is -0.259 e. The molecule has 0 aliphatic rings. The average molecular weight is 352 g/mol. The van der Waals surface area contributed by atoms with Crippen molar-refractivity contribution in [1.82, 2.24) is 10.2 Å². The Balaban J connectivity index is 1.92. The van der Waals surface area contributed by atoms with Crippen LogP contribution in [0.3, 0.4) is 0 Å². The summed E-state index contributed by atoms with van der Waals surface area (Å²) in [6, 6.07) is 12.8. The normalized spacial score (nSPS) is 11.2. The van der Waals surface area contributed by atoms with Gasteiger partial charge in [-0.1, -0.05) is 65.1 Å². The molecule has 0 amide bonds. The number of hydrogen-bond donors (Lipinski definition) is 1. The van der Waals surface area contributed by atoms with E-state index in [1.807, 2.05) is 24.3 Å². The van der Waals surface area contributed by atoms with Gasteiger partial charge in [-0.2, -0.15) is 5.10 Å². The maximum absolute atomic E-state index is 6.08. The molecule has 1 heterocycles. The van der Waals surface area contributed by atoms with Crippen molar-refractivity contribution in [2.75, 3.05) is 5.43 Å². The van der Waals surface area contributed by atoms with Crippen molar-refractivity contribution in [2.45, 2.75) is 0 Å². The maximum Gasteiger partial charge on any atom is 0.176 e. The standard InChI is InChI=1S/C15H9Cl3N4/c16-12-6-3-7-13(17)11(12)8-19-21-15-10-5-2-1-4-9(10)14(18)20-22-15/h1-8H,(H,21,22)/b19-8-. The van der Waals surface area contributed by atoms with Crippen molar-refractivity contribution in [3.8, 4) is 0 Å². The molecule has 0 spiro atoms. The van der Waals surface area contributed by atoms with Crippen molar-refractivity contribution in [1.29, 1.82) is 0 Å². The number of anilines is 1. The molecule has 3 aromatic rings. The van der Waals surface area contributed by atoms with E-state index in [4.69, 9.17) is 34.8 Å². The first-order valence-electron chi connectivity index (χ1n) is 6.31. The second-order valence-electron chi connectivity index (χ2n) is 4.39. The highest BCUT2D eigenvalue weighted by Crippen LogP contribution is 2.26. The summed E-state index contributed by atoms with van der Waals surface area (Å²) in [5, 5.41) is 15.0. The van der Waals surface area contributed by atoms with Crippen molar-refractivity contribution in [3.63, 3.8) is 0 Å². The van der Waals surface area contributed by atoms with Crippen molar-refractivity contribution < 1.29 is 0 Å². The van der Waals surface area contributed by atoms with Gasteiger partial charge in [0.2, 0.25) is 0 Å². The lowest BCUT2D eigenvalue weighted by atomic mass is 10.2. The molecule has 0 atom stereocenters. The lowest BCUT2D eigenvalue weighted by Crippen LogP contribution is -1.98. The fourth-order valence-corrected chi connectivity index (χ4v) is 2.64. The van der Waals surface area contributed by atoms with Gasteiger partial charge in [-0.3, -0.25) is 5.43 Å². The second-order valence-corrected chi connectivity index (χ2v) is 5.56. The largest absolute Gasteiger partial charge is 0.259 e. The van der Waals surface area contributed by atoms with Crippen LogP contribution in [0.25, 0.3) is 10.8 Å². The number of rotatable bonds is 3. The predicted molar refractivity (Wildman–Crippen MR) is 92.2 cm³/mol. The molecule has 0 aliphatic carbocycles. The van der Waals surface area contributed by atoms with Crippen LogP contribution in [-0.2, 0) is 0 Å². The summed E-state index contributed by atoms with van der Waals surface area (Å²) in [6.07, 6.45) is 1.54. The zero-order valence-electron chi connectivity index (χ0n) is 11.1. The quantitative estimate of drug-likeness (QED) is 0.531. The summed E-state index contributed by atoms with van der Waals surface area (Å²) in [4.78, 5) is 0. The average Bonchev–Trinajstić information content (AvgIpc) is 2.52. The van der Waals surface area contributed by atoms with Gasteiger partial charge in [0.25, 0.3) is 0 Å². The topological polar surface area (TPSA) is 50.2 Å². The van der Waals surface area contributed by atoms with Gasteiger partial charge in [-0.05, 0) is 12.1 Å². The van der Waals surface area contributed by atoms with E-state index in [2.05, 4.69) is 20.7 Å². The van der Waals surface area contributed by atoms with Crippen molar-refractivity contribution in [2.24, 2.45) is 5.10 Å². The third-order valence-corrected chi connectivity index (χ3v) is 3.94. The number of benzene rings is 2. The Bertz CT molecular complexity index is 844. The highest BCUT2D eigenvalue weighted by Gasteiger charge is 2.06. The van der Waals surface area contributed by atoms with Crippen molar-refractivity contribution in [3.05, 3.63) is 63.2 Å². The summed E-state index contributed by atoms with van der Waals surface area (Å²) in [5.41, 5.74) is 3.47. The van der Waals surface area contributed by atoms with E-state index in [0.29, 0.717) is 26.6 Å². The molecule has 0 bridgehead atoms. The van der Waals surface area contributed by atoms with E-state index >= 15 is 0 Å². The number of halogens is 3. The number of hydrazone groups is 1. The number of nitrogens with zero attached hydrogens (tertiary/aromatic N) is 3. The summed E-state index contributed by atoms with van der Waals surface area (Å²) >= 11 is 18.2. The molecule has 0 unspecified atom stereocenters. The third kappa shape index (κ3) is 2.99. The molecule has 0 aliphatic heterocycles. The lowest BCUT2D eigenvalue weighted by molar-refractivity contribution is 1.04. The molecule has 2 aromatic carbocycles. The van der Waals surface area contributed by atoms with Crippen molar-refractivity contribution >= 4 is 57.6 Å². The molecular formula is C15H9Cl3N4. The fraction of sp³-hybridized carbons (Fsp3) is 0.